The van der Waals surface area contributed by atoms with Gasteiger partial charge in [0.1, 0.15) is 11.5 Å². The largest absolute Gasteiger partial charge is 0.496 e. The van der Waals surface area contributed by atoms with Gasteiger partial charge >= 0.3 is 0 Å². The van der Waals surface area contributed by atoms with Gasteiger partial charge in [0.2, 0.25) is 0 Å². The van der Waals surface area contributed by atoms with E-state index in [9.17, 15) is 4.79 Å². The number of carbonyl (C=O) groups is 1. The predicted molar refractivity (Wildman–Crippen MR) is 59.2 cm³/mol. The summed E-state index contributed by atoms with van der Waals surface area (Å²) in [6.45, 7) is 2.44. The van der Waals surface area contributed by atoms with Crippen molar-refractivity contribution < 1.29 is 14.3 Å². The molecule has 0 radical (unpaired) electrons. The van der Waals surface area contributed by atoms with Crippen LogP contribution in [-0.4, -0.2) is 25.4 Å². The van der Waals surface area contributed by atoms with Crippen molar-refractivity contribution in [3.63, 3.8) is 0 Å². The van der Waals surface area contributed by atoms with Gasteiger partial charge in [-0.1, -0.05) is 0 Å². The topological polar surface area (TPSA) is 35.5 Å². The molecule has 0 aliphatic rings. The van der Waals surface area contributed by atoms with Gasteiger partial charge in [0.05, 0.1) is 25.2 Å². The third kappa shape index (κ3) is 2.86. The Balaban J connectivity index is 3.07. The van der Waals surface area contributed by atoms with Crippen LogP contribution in [-0.2, 0) is 0 Å². The monoisotopic (exact) mass is 228 g/mol. The molecule has 82 valence electrons. The first-order valence-electron chi connectivity index (χ1n) is 4.63. The van der Waals surface area contributed by atoms with E-state index in [4.69, 9.17) is 21.1 Å². The highest BCUT2D eigenvalue weighted by atomic mass is 35.5. The minimum Gasteiger partial charge on any atom is -0.496 e. The van der Waals surface area contributed by atoms with Crippen molar-refractivity contribution >= 4 is 17.4 Å². The molecule has 4 heteroatoms. The van der Waals surface area contributed by atoms with Gasteiger partial charge in [0.15, 0.2) is 5.78 Å². The summed E-state index contributed by atoms with van der Waals surface area (Å²) >= 11 is 5.50. The number of methoxy groups -OCH3 is 1. The number of alkyl halides is 1. The van der Waals surface area contributed by atoms with Gasteiger partial charge < -0.3 is 9.47 Å². The minimum absolute atomic E-state index is 0.0636. The molecular formula is C11H13ClO3. The fourth-order valence-corrected chi connectivity index (χ4v) is 1.38. The van der Waals surface area contributed by atoms with Crippen molar-refractivity contribution in [3.8, 4) is 11.5 Å². The molecule has 0 atom stereocenters. The number of carbonyl (C=O) groups excluding carboxylic acids is 1. The predicted octanol–water partition coefficient (Wildman–Crippen LogP) is 2.52. The molecule has 15 heavy (non-hydrogen) atoms. The van der Waals surface area contributed by atoms with Crippen molar-refractivity contribution in [1.82, 2.24) is 0 Å². The van der Waals surface area contributed by atoms with Crippen LogP contribution in [0.25, 0.3) is 0 Å². The van der Waals surface area contributed by atoms with Crippen molar-refractivity contribution in [2.24, 2.45) is 0 Å². The molecule has 0 aliphatic heterocycles. The van der Waals surface area contributed by atoms with E-state index in [0.29, 0.717) is 23.7 Å². The van der Waals surface area contributed by atoms with Crippen molar-refractivity contribution in [2.45, 2.75) is 6.92 Å². The Hall–Kier alpha value is -1.22. The molecule has 0 fully saturated rings. The van der Waals surface area contributed by atoms with Crippen LogP contribution in [0.15, 0.2) is 18.2 Å². The van der Waals surface area contributed by atoms with E-state index >= 15 is 0 Å². The summed E-state index contributed by atoms with van der Waals surface area (Å²) in [7, 11) is 1.51. The lowest BCUT2D eigenvalue weighted by Crippen LogP contribution is -2.04. The number of halogens is 1. The van der Waals surface area contributed by atoms with Gasteiger partial charge in [-0.05, 0) is 25.1 Å². The molecule has 0 N–H and O–H groups in total. The number of hydrogen-bond acceptors (Lipinski definition) is 3. The zero-order valence-electron chi connectivity index (χ0n) is 8.75. The highest BCUT2D eigenvalue weighted by Crippen LogP contribution is 2.24. The number of ether oxygens (including phenoxy) is 2. The van der Waals surface area contributed by atoms with E-state index in [1.807, 2.05) is 6.92 Å². The number of benzene rings is 1. The van der Waals surface area contributed by atoms with Crippen LogP contribution in [0.2, 0.25) is 0 Å². The van der Waals surface area contributed by atoms with Crippen molar-refractivity contribution in [1.29, 1.82) is 0 Å². The maximum absolute atomic E-state index is 11.5. The lowest BCUT2D eigenvalue weighted by Gasteiger charge is -2.09. The van der Waals surface area contributed by atoms with Crippen LogP contribution < -0.4 is 9.47 Å². The fourth-order valence-electron chi connectivity index (χ4n) is 1.23. The quantitative estimate of drug-likeness (QED) is 0.574. The molecule has 1 aromatic carbocycles. The summed E-state index contributed by atoms with van der Waals surface area (Å²) in [4.78, 5) is 11.5. The van der Waals surface area contributed by atoms with Crippen LogP contribution in [0.3, 0.4) is 0 Å². The zero-order chi connectivity index (χ0) is 11.3. The van der Waals surface area contributed by atoms with Gasteiger partial charge in [-0.3, -0.25) is 4.79 Å². The van der Waals surface area contributed by atoms with Gasteiger partial charge in [0, 0.05) is 0 Å². The lowest BCUT2D eigenvalue weighted by molar-refractivity contribution is 0.101. The number of ketones is 1. The second kappa shape index (κ2) is 5.61. The normalized spacial score (nSPS) is 9.80. The molecule has 0 aliphatic carbocycles. The highest BCUT2D eigenvalue weighted by Gasteiger charge is 2.12. The fraction of sp³-hybridized carbons (Fsp3) is 0.364. The summed E-state index contributed by atoms with van der Waals surface area (Å²) in [5.74, 6) is 0.928. The molecule has 0 saturated heterocycles. The van der Waals surface area contributed by atoms with E-state index in [0.717, 1.165) is 0 Å². The van der Waals surface area contributed by atoms with Crippen LogP contribution in [0, 0.1) is 0 Å². The van der Waals surface area contributed by atoms with E-state index in [1.54, 1.807) is 18.2 Å². The molecular weight excluding hydrogens is 216 g/mol. The summed E-state index contributed by atoms with van der Waals surface area (Å²) in [6.07, 6.45) is 0. The first-order chi connectivity index (χ1) is 7.22. The zero-order valence-corrected chi connectivity index (χ0v) is 9.50. The molecule has 1 aromatic rings. The van der Waals surface area contributed by atoms with Crippen LogP contribution in [0.4, 0.5) is 0 Å². The smallest absolute Gasteiger partial charge is 0.181 e. The van der Waals surface area contributed by atoms with E-state index in [1.165, 1.54) is 7.11 Å². The summed E-state index contributed by atoms with van der Waals surface area (Å²) in [6, 6.07) is 5.10. The second-order valence-corrected chi connectivity index (χ2v) is 3.12. The Morgan fingerprint density at radius 2 is 2.20 bits per heavy atom. The third-order valence-electron chi connectivity index (χ3n) is 1.90. The Kier molecular flexibility index (Phi) is 4.43. The second-order valence-electron chi connectivity index (χ2n) is 2.85. The first-order valence-corrected chi connectivity index (χ1v) is 5.16. The van der Waals surface area contributed by atoms with Gasteiger partial charge in [-0.25, -0.2) is 0 Å². The van der Waals surface area contributed by atoms with Crippen molar-refractivity contribution in [2.75, 3.05) is 19.6 Å². The SMILES string of the molecule is CCOc1ccc(OC)c(C(=O)CCl)c1. The molecule has 0 bridgehead atoms. The molecule has 0 unspecified atom stereocenters. The molecule has 0 aromatic heterocycles. The Labute approximate surface area is 93.9 Å². The average molecular weight is 229 g/mol. The van der Waals surface area contributed by atoms with E-state index in [2.05, 4.69) is 0 Å². The van der Waals surface area contributed by atoms with Crippen LogP contribution >= 0.6 is 11.6 Å². The molecule has 0 amide bonds. The summed E-state index contributed by atoms with van der Waals surface area (Å²) in [5.41, 5.74) is 0.457. The molecule has 3 nitrogen and oxygen atoms in total. The molecule has 0 heterocycles. The maximum atomic E-state index is 11.5. The molecule has 0 saturated carbocycles. The van der Waals surface area contributed by atoms with E-state index in [-0.39, 0.29) is 11.7 Å². The number of rotatable bonds is 5. The van der Waals surface area contributed by atoms with Crippen LogP contribution in [0.1, 0.15) is 17.3 Å². The van der Waals surface area contributed by atoms with Crippen molar-refractivity contribution in [3.05, 3.63) is 23.8 Å². The summed E-state index contributed by atoms with van der Waals surface area (Å²) in [5, 5.41) is 0. The lowest BCUT2D eigenvalue weighted by atomic mass is 10.1. The molecule has 0 spiro atoms. The third-order valence-corrected chi connectivity index (χ3v) is 2.15. The Morgan fingerprint density at radius 1 is 1.47 bits per heavy atom. The number of Topliss-reactive ketones (excluding diaryl/α,β-unsaturated/α-hetero) is 1. The highest BCUT2D eigenvalue weighted by molar-refractivity contribution is 6.30. The average Bonchev–Trinajstić information content (AvgIpc) is 2.28. The van der Waals surface area contributed by atoms with Gasteiger partial charge in [-0.2, -0.15) is 0 Å². The minimum atomic E-state index is -0.171. The Morgan fingerprint density at radius 3 is 2.73 bits per heavy atom. The van der Waals surface area contributed by atoms with Gasteiger partial charge in [0.25, 0.3) is 0 Å². The van der Waals surface area contributed by atoms with Crippen LogP contribution in [0.5, 0.6) is 11.5 Å². The molecule has 1 rings (SSSR count). The van der Waals surface area contributed by atoms with Gasteiger partial charge in [-0.15, -0.1) is 11.6 Å². The summed E-state index contributed by atoms with van der Waals surface area (Å²) < 4.78 is 10.4. The maximum Gasteiger partial charge on any atom is 0.181 e. The first kappa shape index (κ1) is 11.9. The Bertz CT molecular complexity index is 350. The van der Waals surface area contributed by atoms with E-state index < -0.39 is 0 Å². The number of hydrogen-bond donors (Lipinski definition) is 0. The standard InChI is InChI=1S/C11H13ClO3/c1-3-15-8-4-5-11(14-2)9(6-8)10(13)7-12/h4-6H,3,7H2,1-2H3.